The second kappa shape index (κ2) is 3.91. The smallest absolute Gasteiger partial charge is 0.0444 e. The molecule has 1 aliphatic rings. The summed E-state index contributed by atoms with van der Waals surface area (Å²) in [7, 11) is 0. The van der Waals surface area contributed by atoms with Gasteiger partial charge in [-0.2, -0.15) is 0 Å². The first-order valence-corrected chi connectivity index (χ1v) is 6.75. The van der Waals surface area contributed by atoms with Crippen LogP contribution in [0.25, 0.3) is 0 Å². The zero-order valence-electron chi connectivity index (χ0n) is 9.92. The van der Waals surface area contributed by atoms with Gasteiger partial charge < -0.3 is 5.73 Å². The van der Waals surface area contributed by atoms with Crippen molar-refractivity contribution in [2.75, 3.05) is 0 Å². The number of hydrogen-bond acceptors (Lipinski definition) is 2. The van der Waals surface area contributed by atoms with Crippen LogP contribution in [0, 0.1) is 18.8 Å². The van der Waals surface area contributed by atoms with Gasteiger partial charge in [0.2, 0.25) is 0 Å². The van der Waals surface area contributed by atoms with E-state index in [9.17, 15) is 0 Å². The molecule has 0 radical (unpaired) electrons. The van der Waals surface area contributed by atoms with Crippen LogP contribution in [-0.2, 0) is 5.54 Å². The van der Waals surface area contributed by atoms with Crippen molar-refractivity contribution in [2.24, 2.45) is 17.6 Å². The second-order valence-electron chi connectivity index (χ2n) is 5.27. The molecule has 3 atom stereocenters. The predicted molar refractivity (Wildman–Crippen MR) is 67.1 cm³/mol. The molecule has 0 aromatic carbocycles. The highest BCUT2D eigenvalue weighted by Gasteiger charge is 2.38. The van der Waals surface area contributed by atoms with Crippen molar-refractivity contribution in [3.05, 3.63) is 21.9 Å². The van der Waals surface area contributed by atoms with Gasteiger partial charge in [0.05, 0.1) is 0 Å². The molecule has 0 spiro atoms. The lowest BCUT2D eigenvalue weighted by molar-refractivity contribution is 0.165. The Labute approximate surface area is 96.7 Å². The summed E-state index contributed by atoms with van der Waals surface area (Å²) in [5.41, 5.74) is 7.91. The average molecular weight is 223 g/mol. The van der Waals surface area contributed by atoms with Crippen LogP contribution in [0.3, 0.4) is 0 Å². The number of nitrogens with two attached hydrogens (primary N) is 1. The molecular weight excluding hydrogens is 202 g/mol. The maximum absolute atomic E-state index is 6.61. The minimum Gasteiger partial charge on any atom is -0.321 e. The lowest BCUT2D eigenvalue weighted by atomic mass is 9.68. The van der Waals surface area contributed by atoms with Gasteiger partial charge in [-0.3, -0.25) is 0 Å². The third-order valence-corrected chi connectivity index (χ3v) is 4.82. The van der Waals surface area contributed by atoms with E-state index in [-0.39, 0.29) is 5.54 Å². The van der Waals surface area contributed by atoms with E-state index in [0.29, 0.717) is 5.92 Å². The zero-order chi connectivity index (χ0) is 11.1. The molecule has 1 heterocycles. The van der Waals surface area contributed by atoms with E-state index in [1.165, 1.54) is 23.3 Å². The van der Waals surface area contributed by atoms with E-state index >= 15 is 0 Å². The summed E-state index contributed by atoms with van der Waals surface area (Å²) in [4.78, 5) is 1.38. The van der Waals surface area contributed by atoms with Crippen LogP contribution >= 0.6 is 11.3 Å². The summed E-state index contributed by atoms with van der Waals surface area (Å²) in [6.07, 6.45) is 3.69. The molecule has 1 aromatic heterocycles. The van der Waals surface area contributed by atoms with E-state index in [2.05, 4.69) is 32.2 Å². The van der Waals surface area contributed by atoms with Crippen molar-refractivity contribution < 1.29 is 0 Å². The van der Waals surface area contributed by atoms with Gasteiger partial charge in [-0.05, 0) is 55.0 Å². The summed E-state index contributed by atoms with van der Waals surface area (Å²) in [6, 6.07) is 2.27. The highest BCUT2D eigenvalue weighted by Crippen LogP contribution is 2.42. The molecule has 2 N–H and O–H groups in total. The normalized spacial score (nSPS) is 36.8. The molecule has 2 heteroatoms. The third-order valence-electron chi connectivity index (χ3n) is 3.95. The van der Waals surface area contributed by atoms with Gasteiger partial charge in [-0.25, -0.2) is 0 Å². The largest absolute Gasteiger partial charge is 0.321 e. The van der Waals surface area contributed by atoms with Crippen LogP contribution in [0.4, 0.5) is 0 Å². The van der Waals surface area contributed by atoms with Crippen molar-refractivity contribution in [3.8, 4) is 0 Å². The van der Waals surface area contributed by atoms with Gasteiger partial charge in [-0.15, -0.1) is 11.3 Å². The van der Waals surface area contributed by atoms with Gasteiger partial charge in [0.25, 0.3) is 0 Å². The van der Waals surface area contributed by atoms with Crippen molar-refractivity contribution in [1.29, 1.82) is 0 Å². The number of aryl methyl sites for hydroxylation is 1. The molecule has 15 heavy (non-hydrogen) atoms. The number of hydrogen-bond donors (Lipinski definition) is 1. The Morgan fingerprint density at radius 3 is 2.73 bits per heavy atom. The zero-order valence-corrected chi connectivity index (χ0v) is 10.7. The van der Waals surface area contributed by atoms with Crippen molar-refractivity contribution >= 4 is 11.3 Å². The Balaban J connectivity index is 2.26. The molecule has 0 bridgehead atoms. The molecule has 1 fully saturated rings. The van der Waals surface area contributed by atoms with E-state index in [4.69, 9.17) is 5.73 Å². The molecule has 3 unspecified atom stereocenters. The van der Waals surface area contributed by atoms with Gasteiger partial charge in [0.1, 0.15) is 0 Å². The fourth-order valence-corrected chi connectivity index (χ4v) is 3.58. The minimum absolute atomic E-state index is 0.0583. The average Bonchev–Trinajstić information content (AvgIpc) is 2.60. The highest BCUT2D eigenvalue weighted by molar-refractivity contribution is 7.10. The summed E-state index contributed by atoms with van der Waals surface area (Å²) < 4.78 is 0. The molecule has 1 aromatic rings. The Morgan fingerprint density at radius 1 is 1.47 bits per heavy atom. The SMILES string of the molecule is Cc1cc(C2(N)CCC(C)CC2C)cs1. The Hall–Kier alpha value is -0.340. The molecule has 1 nitrogen and oxygen atoms in total. The van der Waals surface area contributed by atoms with E-state index in [1.54, 1.807) is 0 Å². The predicted octanol–water partition coefficient (Wildman–Crippen LogP) is 3.67. The minimum atomic E-state index is -0.0583. The molecule has 84 valence electrons. The Morgan fingerprint density at radius 2 is 2.20 bits per heavy atom. The molecule has 1 aliphatic carbocycles. The summed E-state index contributed by atoms with van der Waals surface area (Å²) in [5, 5.41) is 2.25. The van der Waals surface area contributed by atoms with Crippen molar-refractivity contribution in [1.82, 2.24) is 0 Å². The van der Waals surface area contributed by atoms with Gasteiger partial charge >= 0.3 is 0 Å². The summed E-state index contributed by atoms with van der Waals surface area (Å²) in [5.74, 6) is 1.45. The van der Waals surface area contributed by atoms with Crippen LogP contribution in [0.15, 0.2) is 11.4 Å². The number of rotatable bonds is 1. The van der Waals surface area contributed by atoms with Crippen molar-refractivity contribution in [3.63, 3.8) is 0 Å². The first-order valence-electron chi connectivity index (χ1n) is 5.87. The molecule has 0 aliphatic heterocycles. The van der Waals surface area contributed by atoms with E-state index in [1.807, 2.05) is 11.3 Å². The third kappa shape index (κ3) is 1.98. The van der Waals surface area contributed by atoms with Gasteiger partial charge in [-0.1, -0.05) is 13.8 Å². The Kier molecular flexibility index (Phi) is 2.91. The summed E-state index contributed by atoms with van der Waals surface area (Å²) in [6.45, 7) is 6.81. The van der Waals surface area contributed by atoms with E-state index in [0.717, 1.165) is 12.3 Å². The maximum Gasteiger partial charge on any atom is 0.0444 e. The lowest BCUT2D eigenvalue weighted by Crippen LogP contribution is -2.46. The number of thiophene rings is 1. The molecule has 0 amide bonds. The molecule has 0 saturated heterocycles. The topological polar surface area (TPSA) is 26.0 Å². The summed E-state index contributed by atoms with van der Waals surface area (Å²) >= 11 is 1.82. The van der Waals surface area contributed by atoms with Crippen LogP contribution in [-0.4, -0.2) is 0 Å². The van der Waals surface area contributed by atoms with Crippen molar-refractivity contribution in [2.45, 2.75) is 45.6 Å². The van der Waals surface area contributed by atoms with Crippen LogP contribution in [0.2, 0.25) is 0 Å². The van der Waals surface area contributed by atoms with E-state index < -0.39 is 0 Å². The second-order valence-corrected chi connectivity index (χ2v) is 6.38. The molecule has 2 rings (SSSR count). The van der Waals surface area contributed by atoms with Crippen LogP contribution in [0.1, 0.15) is 43.6 Å². The Bertz CT molecular complexity index is 344. The monoisotopic (exact) mass is 223 g/mol. The standard InChI is InChI=1S/C13H21NS/c1-9-4-5-13(14,10(2)6-9)12-7-11(3)15-8-12/h7-10H,4-6,14H2,1-3H3. The highest BCUT2D eigenvalue weighted by atomic mass is 32.1. The molecular formula is C13H21NS. The lowest BCUT2D eigenvalue weighted by Gasteiger charge is -2.41. The molecule has 1 saturated carbocycles. The quantitative estimate of drug-likeness (QED) is 0.772. The first-order chi connectivity index (χ1) is 7.02. The van der Waals surface area contributed by atoms with Crippen LogP contribution in [0.5, 0.6) is 0 Å². The van der Waals surface area contributed by atoms with Gasteiger partial charge in [0, 0.05) is 10.4 Å². The van der Waals surface area contributed by atoms with Crippen LogP contribution < -0.4 is 5.73 Å². The maximum atomic E-state index is 6.61. The fraction of sp³-hybridized carbons (Fsp3) is 0.692. The fourth-order valence-electron chi connectivity index (χ4n) is 2.78. The van der Waals surface area contributed by atoms with Gasteiger partial charge in [0.15, 0.2) is 0 Å². The first kappa shape index (κ1) is 11.2.